The molecule has 23 atom stereocenters. The van der Waals surface area contributed by atoms with Crippen LogP contribution in [0.1, 0.15) is 180 Å². The van der Waals surface area contributed by atoms with Crippen LogP contribution in [0.5, 0.6) is 0 Å². The van der Waals surface area contributed by atoms with E-state index in [1.807, 2.05) is 63.5 Å². The van der Waals surface area contributed by atoms with Crippen LogP contribution in [0.15, 0.2) is 71.9 Å². The molecule has 1 aromatic carbocycles. The van der Waals surface area contributed by atoms with Crippen molar-refractivity contribution in [1.29, 1.82) is 0 Å². The summed E-state index contributed by atoms with van der Waals surface area (Å²) in [6.45, 7) is 12.9. The van der Waals surface area contributed by atoms with Crippen molar-refractivity contribution in [1.82, 2.24) is 42.3 Å². The number of aliphatic carboxylic acids is 2. The number of aliphatic hydroxyl groups is 7. The van der Waals surface area contributed by atoms with Crippen molar-refractivity contribution in [3.8, 4) is 0 Å². The normalized spacial score (nSPS) is 26.7. The number of nitrogens with zero attached hydrogens (tertiary/aromatic N) is 1. The molecule has 0 aromatic heterocycles. The van der Waals surface area contributed by atoms with Crippen LogP contribution in [0.2, 0.25) is 0 Å². The van der Waals surface area contributed by atoms with E-state index in [0.29, 0.717) is 63.4 Å². The number of cyclic esters (lactones) is 1. The third-order valence-electron chi connectivity index (χ3n) is 24.4. The summed E-state index contributed by atoms with van der Waals surface area (Å²) in [7, 11) is 8.87. The molecule has 0 spiro atoms. The minimum absolute atomic E-state index is 0.00221. The molecule has 138 heavy (non-hydrogen) atoms. The van der Waals surface area contributed by atoms with Crippen LogP contribution < -0.4 is 37.4 Å². The summed E-state index contributed by atoms with van der Waals surface area (Å²) in [5.74, 6) is -17.5. The summed E-state index contributed by atoms with van der Waals surface area (Å²) < 4.78 is 51.8. The molecule has 5 rings (SSSR count). The van der Waals surface area contributed by atoms with Crippen LogP contribution in [-0.2, 0) is 100 Å². The number of amides is 8. The molecule has 3 heterocycles. The molecule has 45 heteroatoms. The quantitative estimate of drug-likeness (QED) is 0.00819. The number of allylic oxidation sites excluding steroid dienone is 6. The van der Waals surface area contributed by atoms with E-state index in [-0.39, 0.29) is 130 Å². The minimum Gasteiger partial charge on any atom is -0.480 e. The zero-order valence-electron chi connectivity index (χ0n) is 80.4. The summed E-state index contributed by atoms with van der Waals surface area (Å²) in [4.78, 5) is 201. The number of rotatable bonds is 45. The van der Waals surface area contributed by atoms with Crippen molar-refractivity contribution >= 4 is 132 Å². The van der Waals surface area contributed by atoms with Gasteiger partial charge >= 0.3 is 30.2 Å². The number of methoxy groups -OCH3 is 3. The zero-order valence-corrected chi connectivity index (χ0v) is 83.7. The van der Waals surface area contributed by atoms with Gasteiger partial charge in [-0.05, 0) is 139 Å². The first kappa shape index (κ1) is 120. The lowest BCUT2D eigenvalue weighted by Crippen LogP contribution is -2.61. The number of aliphatic hydroxyl groups excluding tert-OH is 6. The number of esters is 1. The molecule has 776 valence electrons. The first-order valence-corrected chi connectivity index (χ1v) is 51.4. The Balaban J connectivity index is 1.12. The number of benzene rings is 1. The molecule has 41 nitrogen and oxygen atoms in total. The Morgan fingerprint density at radius 2 is 1.28 bits per heavy atom. The minimum atomic E-state index is -2.53. The summed E-state index contributed by atoms with van der Waals surface area (Å²) in [5, 5.41) is 105. The number of carboxylic acids is 2. The second-order valence-corrected chi connectivity index (χ2v) is 40.6. The lowest BCUT2D eigenvalue weighted by molar-refractivity contribution is -0.265. The van der Waals surface area contributed by atoms with E-state index < -0.39 is 230 Å². The highest BCUT2D eigenvalue weighted by atomic mass is 33.1. The first-order chi connectivity index (χ1) is 65.5. The molecule has 0 unspecified atom stereocenters. The number of aryl methyl sites for hydroxylation is 1. The van der Waals surface area contributed by atoms with E-state index in [2.05, 4.69) is 32.0 Å². The zero-order chi connectivity index (χ0) is 102. The van der Waals surface area contributed by atoms with Crippen LogP contribution in [0.4, 0.5) is 9.59 Å². The van der Waals surface area contributed by atoms with Crippen LogP contribution in [0, 0.1) is 48.3 Å². The number of carbonyl (C=O) groups is 15. The Kier molecular flexibility index (Phi) is 54.4. The van der Waals surface area contributed by atoms with E-state index in [0.717, 1.165) is 37.6 Å². The number of ether oxygens (including phenoxy) is 9. The van der Waals surface area contributed by atoms with Crippen molar-refractivity contribution in [3.63, 3.8) is 0 Å². The molecular weight excluding hydrogens is 1890 g/mol. The maximum absolute atomic E-state index is 14.8. The number of hydrogen-bond donors (Lipinski definition) is 16. The van der Waals surface area contributed by atoms with Crippen LogP contribution in [-0.4, -0.2) is 334 Å². The fourth-order valence-electron chi connectivity index (χ4n) is 15.9. The highest BCUT2D eigenvalue weighted by Gasteiger charge is 2.54. The summed E-state index contributed by atoms with van der Waals surface area (Å²) in [5.41, 5.74) is 6.29. The number of carbonyl (C=O) groups excluding carboxylic acids is 13. The van der Waals surface area contributed by atoms with Gasteiger partial charge in [0.25, 0.3) is 17.6 Å². The van der Waals surface area contributed by atoms with Crippen molar-refractivity contribution < 1.29 is 161 Å². The molecule has 2 saturated heterocycles. The monoisotopic (exact) mass is 2030 g/mol. The standard InChI is InChI=1S/C93H142N8O33S4/c1-52-21-26-62(27-22-52)85(115)96-64(88(118)119)29-32-77(108)99-100-91(123)130-37-40-137-138-51-66(89(120)121)98-86(116)65(97-84(114)55(4)23-31-75(106)95-49-69(104)80(111)81(112)70(105)50-102)48-94-76(107)33-39-135-136-41-38-132-92(124)131-36-35-129-71-30-25-61(45-74(71)127-11)44-57(6)73-47-68(103)56(5)43-59(8)79(110)82(128-12)78(109)58(7)42-53(2)18-14-13-15-19-54(3)72(126-10)46-63-28-24-60(9)93(125,134-63)83(113)87(117)101-34-17-16-20-67(101)90(122)133-73/h13-15,18-19,21-22,26-27,43,53,55-58,60-61,63-67,69-74,79-82,102,104-105,110-112,125H,16-17,20,23-25,28-42,44-51H2,1-12H3,(H,94,107)(H,95,106)(H,96,115)(H,97,114)(H,98,116)(H,99,108)(H,100,123)(H,118,119)(H,120,121)/b15-13+,18-14+,54-19+,59-43+/t53-,55+,56-,57-,58-,60-,61+,63+,64+,65+,66+,67+,69+,70-,71-,72+,73+,74-,79-,80-,81-,82+,93-/m1/s1. The SMILES string of the molecule is CO[C@H]1C[C@@H]2CC[C@@H](C)[C@@](O)(O2)C(=O)C(=O)N2CCCC[C@H]2C(=O)O[C@H]([C@H](C)C[C@@H]2CC[C@@H](OCCOC(=O)OCCSSCCC(=O)NC[C@H](NC(=O)[C@@H](C)CCC(=O)NC[C@H](O)[C@@H](O)[C@H](O)[C@H](O)CO)C(=O)N[C@@H](CSSCCOC(=O)NNC(=O)CC[C@H](NC(=O)c3ccc(C)cc3)C(=O)O)C(=O)O)[C@H](OC)C2)CC(=O)[C@H](C)/C=C(\C)[C@@H](O)[C@@H](OC)C(=O)[C@H](C)C[C@H](C)/C=C/C=C/C=C/1C. The van der Waals surface area contributed by atoms with Gasteiger partial charge in [0.15, 0.2) is 5.78 Å². The van der Waals surface area contributed by atoms with Gasteiger partial charge < -0.3 is 120 Å². The Bertz CT molecular complexity index is 4270. The maximum Gasteiger partial charge on any atom is 0.508 e. The van der Waals surface area contributed by atoms with E-state index in [1.165, 1.54) is 54.9 Å². The number of carboxylic acid groups (broad SMARTS) is 2. The Labute approximate surface area is 820 Å². The smallest absolute Gasteiger partial charge is 0.480 e. The van der Waals surface area contributed by atoms with E-state index in [4.69, 9.17) is 47.7 Å². The van der Waals surface area contributed by atoms with Gasteiger partial charge in [0.05, 0.1) is 43.7 Å². The van der Waals surface area contributed by atoms with Crippen molar-refractivity contribution in [3.05, 3.63) is 83.0 Å². The highest BCUT2D eigenvalue weighted by molar-refractivity contribution is 8.77. The number of nitrogens with one attached hydrogen (secondary N) is 7. The predicted octanol–water partition coefficient (Wildman–Crippen LogP) is 4.38. The fraction of sp³-hybridized carbons (Fsp3) is 0.688. The molecule has 1 saturated carbocycles. The van der Waals surface area contributed by atoms with Gasteiger partial charge in [-0.25, -0.2) is 29.4 Å². The second-order valence-electron chi connectivity index (χ2n) is 35.3. The van der Waals surface area contributed by atoms with Crippen LogP contribution in [0.3, 0.4) is 0 Å². The fourth-order valence-corrected chi connectivity index (χ4v) is 19.7. The van der Waals surface area contributed by atoms with Crippen LogP contribution >= 0.6 is 43.2 Å². The van der Waals surface area contributed by atoms with Gasteiger partial charge in [-0.3, -0.25) is 53.4 Å². The summed E-state index contributed by atoms with van der Waals surface area (Å²) >= 11 is 0. The lowest BCUT2D eigenvalue weighted by Gasteiger charge is -2.42. The molecule has 3 aliphatic heterocycles. The number of ketones is 3. The van der Waals surface area contributed by atoms with E-state index in [1.54, 1.807) is 53.0 Å². The Morgan fingerprint density at radius 1 is 0.630 bits per heavy atom. The van der Waals surface area contributed by atoms with E-state index in [9.17, 15) is 113 Å². The van der Waals surface area contributed by atoms with Crippen molar-refractivity contribution in [2.75, 3.05) is 97.0 Å². The maximum atomic E-state index is 14.8. The average Bonchev–Trinajstić information content (AvgIpc) is 0.770. The molecule has 3 fully saturated rings. The number of piperidine rings is 1. The van der Waals surface area contributed by atoms with Gasteiger partial charge in [0, 0.05) is 125 Å². The molecule has 16 N–H and O–H groups in total. The van der Waals surface area contributed by atoms with Crippen molar-refractivity contribution in [2.24, 2.45) is 41.4 Å². The topological polar surface area (TPSA) is 609 Å². The third kappa shape index (κ3) is 41.1. The summed E-state index contributed by atoms with van der Waals surface area (Å²) in [6, 6.07) is 0.469. The van der Waals surface area contributed by atoms with E-state index >= 15 is 0 Å². The Morgan fingerprint density at radius 3 is 1.95 bits per heavy atom. The Hall–Kier alpha value is -8.65. The molecule has 0 radical (unpaired) electrons. The number of hydrogen-bond acceptors (Lipinski definition) is 35. The summed E-state index contributed by atoms with van der Waals surface area (Å²) in [6.07, 6.45) is -1.54. The molecule has 8 amide bonds. The molecule has 1 aromatic rings. The molecule has 1 aliphatic carbocycles. The lowest BCUT2D eigenvalue weighted by atomic mass is 9.78. The predicted molar refractivity (Wildman–Crippen MR) is 510 cm³/mol. The van der Waals surface area contributed by atoms with Crippen molar-refractivity contribution in [2.45, 2.75) is 269 Å². The third-order valence-corrected chi connectivity index (χ3v) is 29.2. The van der Waals surface area contributed by atoms with Crippen LogP contribution in [0.25, 0.3) is 0 Å². The number of Topliss-reactive ketones (excluding diaryl/α,β-unsaturated/α-hetero) is 3. The molecular formula is C93H142N8O33S4. The van der Waals surface area contributed by atoms with Gasteiger partial charge in [-0.15, -0.1) is 0 Å². The van der Waals surface area contributed by atoms with Gasteiger partial charge in [0.2, 0.25) is 35.3 Å². The highest BCUT2D eigenvalue weighted by Crippen LogP contribution is 2.39. The molecule has 2 bridgehead atoms. The average molecular weight is 2030 g/mol. The molecule has 4 aliphatic rings. The largest absolute Gasteiger partial charge is 0.508 e. The number of hydrazine groups is 1. The number of fused-ring (bicyclic) bond motifs is 3. The first-order valence-electron chi connectivity index (χ1n) is 46.4. The van der Waals surface area contributed by atoms with Gasteiger partial charge in [0.1, 0.15) is 86.4 Å². The second kappa shape index (κ2) is 62.6. The van der Waals surface area contributed by atoms with Gasteiger partial charge in [-0.1, -0.05) is 139 Å². The van der Waals surface area contributed by atoms with Gasteiger partial charge in [-0.2, -0.15) is 0 Å².